The average molecular weight is 737 g/mol. The van der Waals surface area contributed by atoms with Gasteiger partial charge in [-0.3, -0.25) is 5.32 Å². The van der Waals surface area contributed by atoms with E-state index in [9.17, 15) is 32.7 Å². The number of carbonyl (C=O) groups is 3. The fourth-order valence-electron chi connectivity index (χ4n) is 7.17. The molecule has 2 amide bonds. The standard InChI is InChI=1S/C36H41F5N4O7/c1-15(2)26-24-23(22-19-13-44(14-20(19)22)33(49)52-35(6,7)8)29(31(46)47)45(17-9-10-17)28(24)25(38)27(43-26)18-11-16(42-32(48)51-34(3,4)5)12-21(37)30(18)50-36(39,40)41/h11-12,15,17,19-20,22H,9-10,13-14H2,1-8H3,(H,42,48)(H,46,47). The summed E-state index contributed by atoms with van der Waals surface area (Å²) in [4.78, 5) is 44.5. The first kappa shape index (κ1) is 37.1. The molecule has 0 spiro atoms. The summed E-state index contributed by atoms with van der Waals surface area (Å²) in [6, 6.07) is 1.05. The number of fused-ring (bicyclic) bond motifs is 2. The van der Waals surface area contributed by atoms with Crippen molar-refractivity contribution in [2.24, 2.45) is 11.8 Å². The predicted molar refractivity (Wildman–Crippen MR) is 178 cm³/mol. The van der Waals surface area contributed by atoms with Gasteiger partial charge >= 0.3 is 24.5 Å². The number of aromatic carboxylic acids is 1. The number of alkyl halides is 3. The van der Waals surface area contributed by atoms with Crippen LogP contribution in [-0.2, 0) is 9.47 Å². The van der Waals surface area contributed by atoms with E-state index in [0.29, 0.717) is 37.6 Å². The topological polar surface area (TPSA) is 132 Å². The Morgan fingerprint density at radius 3 is 2.06 bits per heavy atom. The quantitative estimate of drug-likeness (QED) is 0.230. The minimum Gasteiger partial charge on any atom is -0.477 e. The van der Waals surface area contributed by atoms with E-state index >= 15 is 8.78 Å². The van der Waals surface area contributed by atoms with Crippen LogP contribution in [0.3, 0.4) is 0 Å². The molecule has 11 nitrogen and oxygen atoms in total. The molecule has 0 bridgehead atoms. The second kappa shape index (κ2) is 12.5. The normalized spacial score (nSPS) is 20.3. The van der Waals surface area contributed by atoms with Crippen molar-refractivity contribution in [3.63, 3.8) is 0 Å². The Bertz CT molecular complexity index is 1960. The van der Waals surface area contributed by atoms with Gasteiger partial charge in [0, 0.05) is 36.3 Å². The molecule has 3 heterocycles. The Labute approximate surface area is 296 Å². The van der Waals surface area contributed by atoms with Crippen LogP contribution < -0.4 is 10.1 Å². The Morgan fingerprint density at radius 2 is 1.56 bits per heavy atom. The number of halogens is 5. The maximum atomic E-state index is 17.2. The SMILES string of the molecule is CC(C)c1nc(-c2cc(NC(=O)OC(C)(C)C)cc(F)c2OC(F)(F)F)c(F)c2c1c(C1C3CN(C(=O)OC(C)(C)C)CC31)c(C(=O)O)n2C1CC1. The molecule has 2 N–H and O–H groups in total. The molecule has 1 saturated heterocycles. The lowest BCUT2D eigenvalue weighted by Crippen LogP contribution is -2.37. The number of nitrogens with one attached hydrogen (secondary N) is 1. The summed E-state index contributed by atoms with van der Waals surface area (Å²) in [6.45, 7) is 14.0. The number of carbonyl (C=O) groups excluding carboxylic acids is 2. The highest BCUT2D eigenvalue weighted by atomic mass is 19.4. The molecule has 3 aromatic rings. The van der Waals surface area contributed by atoms with Crippen LogP contribution >= 0.6 is 0 Å². The smallest absolute Gasteiger partial charge is 0.477 e. The zero-order valence-corrected chi connectivity index (χ0v) is 30.0. The predicted octanol–water partition coefficient (Wildman–Crippen LogP) is 8.96. The average Bonchev–Trinajstić information content (AvgIpc) is 3.85. The Morgan fingerprint density at radius 1 is 0.962 bits per heavy atom. The van der Waals surface area contributed by atoms with Crippen molar-refractivity contribution in [1.82, 2.24) is 14.5 Å². The maximum absolute atomic E-state index is 17.2. The number of benzene rings is 1. The molecule has 2 unspecified atom stereocenters. The van der Waals surface area contributed by atoms with E-state index in [1.807, 2.05) is 0 Å². The first-order chi connectivity index (χ1) is 24.0. The van der Waals surface area contributed by atoms with E-state index in [0.717, 1.165) is 6.07 Å². The lowest BCUT2D eigenvalue weighted by molar-refractivity contribution is -0.275. The highest BCUT2D eigenvalue weighted by Gasteiger charge is 2.60. The van der Waals surface area contributed by atoms with Gasteiger partial charge in [-0.1, -0.05) is 13.8 Å². The number of carboxylic acids is 1. The molecule has 6 rings (SSSR count). The molecular formula is C36H41F5N4O7. The van der Waals surface area contributed by atoms with Crippen LogP contribution in [0.1, 0.15) is 108 Å². The number of carboxylic acid groups (broad SMARTS) is 1. The van der Waals surface area contributed by atoms with Crippen LogP contribution in [0.2, 0.25) is 0 Å². The number of piperidine rings is 1. The molecule has 2 saturated carbocycles. The molecule has 1 aromatic carbocycles. The van der Waals surface area contributed by atoms with Gasteiger partial charge < -0.3 is 28.8 Å². The Balaban J connectivity index is 1.54. The number of hydrogen-bond acceptors (Lipinski definition) is 7. The molecule has 3 aliphatic rings. The maximum Gasteiger partial charge on any atom is 0.573 e. The van der Waals surface area contributed by atoms with E-state index < -0.39 is 76.3 Å². The van der Waals surface area contributed by atoms with Crippen molar-refractivity contribution < 1.29 is 55.7 Å². The van der Waals surface area contributed by atoms with Gasteiger partial charge in [-0.25, -0.2) is 28.1 Å². The van der Waals surface area contributed by atoms with Crippen LogP contribution in [0.15, 0.2) is 12.1 Å². The van der Waals surface area contributed by atoms with Gasteiger partial charge in [0.2, 0.25) is 0 Å². The molecule has 282 valence electrons. The fraction of sp³-hybridized carbons (Fsp3) is 0.556. The van der Waals surface area contributed by atoms with Crippen LogP contribution in [0.4, 0.5) is 37.2 Å². The third-order valence-electron chi connectivity index (χ3n) is 9.15. The van der Waals surface area contributed by atoms with Gasteiger partial charge in [0.15, 0.2) is 17.4 Å². The zero-order valence-electron chi connectivity index (χ0n) is 30.0. The number of likely N-dealkylation sites (tertiary alicyclic amines) is 1. The number of anilines is 1. The zero-order chi connectivity index (χ0) is 38.4. The van der Waals surface area contributed by atoms with Crippen LogP contribution in [0.5, 0.6) is 5.75 Å². The molecular weight excluding hydrogens is 695 g/mol. The second-order valence-electron chi connectivity index (χ2n) is 16.0. The number of nitrogens with zero attached hydrogens (tertiary/aromatic N) is 3. The van der Waals surface area contributed by atoms with Gasteiger partial charge in [-0.2, -0.15) is 0 Å². The number of aromatic nitrogens is 2. The number of rotatable bonds is 7. The van der Waals surface area contributed by atoms with Crippen molar-refractivity contribution >= 4 is 34.7 Å². The summed E-state index contributed by atoms with van der Waals surface area (Å²) in [5, 5.41) is 13.1. The van der Waals surface area contributed by atoms with Gasteiger partial charge in [-0.05, 0) is 89.7 Å². The van der Waals surface area contributed by atoms with Crippen molar-refractivity contribution in [2.75, 3.05) is 18.4 Å². The van der Waals surface area contributed by atoms with Gasteiger partial charge in [0.1, 0.15) is 22.6 Å². The minimum atomic E-state index is -5.40. The number of ether oxygens (including phenoxy) is 3. The van der Waals surface area contributed by atoms with Crippen molar-refractivity contribution in [1.29, 1.82) is 0 Å². The molecule has 52 heavy (non-hydrogen) atoms. The van der Waals surface area contributed by atoms with E-state index in [1.54, 1.807) is 60.3 Å². The third kappa shape index (κ3) is 7.20. The fourth-order valence-corrected chi connectivity index (χ4v) is 7.17. The van der Waals surface area contributed by atoms with Gasteiger partial charge in [-0.15, -0.1) is 13.2 Å². The molecule has 2 atom stereocenters. The Kier molecular flexibility index (Phi) is 8.93. The lowest BCUT2D eigenvalue weighted by Gasteiger charge is -2.26. The highest BCUT2D eigenvalue weighted by molar-refractivity contribution is 6.02. The molecule has 3 fully saturated rings. The number of amides is 2. The molecule has 1 aliphatic heterocycles. The number of pyridine rings is 1. The third-order valence-corrected chi connectivity index (χ3v) is 9.15. The summed E-state index contributed by atoms with van der Waals surface area (Å²) in [5.41, 5.74) is -3.34. The lowest BCUT2D eigenvalue weighted by atomic mass is 9.95. The summed E-state index contributed by atoms with van der Waals surface area (Å²) >= 11 is 0. The van der Waals surface area contributed by atoms with Crippen molar-refractivity contribution in [3.05, 3.63) is 40.7 Å². The largest absolute Gasteiger partial charge is 0.573 e. The first-order valence-electron chi connectivity index (χ1n) is 17.0. The van der Waals surface area contributed by atoms with Gasteiger partial charge in [0.05, 0.1) is 16.8 Å². The minimum absolute atomic E-state index is 0.150. The molecule has 2 aromatic heterocycles. The first-order valence-corrected chi connectivity index (χ1v) is 17.0. The summed E-state index contributed by atoms with van der Waals surface area (Å²) in [5.74, 6) is -6.65. The van der Waals surface area contributed by atoms with E-state index in [4.69, 9.17) is 9.47 Å². The highest BCUT2D eigenvalue weighted by Crippen LogP contribution is 2.62. The van der Waals surface area contributed by atoms with Crippen LogP contribution in [0.25, 0.3) is 22.2 Å². The van der Waals surface area contributed by atoms with E-state index in [2.05, 4.69) is 15.0 Å². The summed E-state index contributed by atoms with van der Waals surface area (Å²) in [7, 11) is 0. The van der Waals surface area contributed by atoms with E-state index in [1.165, 1.54) is 4.57 Å². The summed E-state index contributed by atoms with van der Waals surface area (Å²) < 4.78 is 90.0. The van der Waals surface area contributed by atoms with Crippen molar-refractivity contribution in [3.8, 4) is 17.0 Å². The monoisotopic (exact) mass is 736 g/mol. The van der Waals surface area contributed by atoms with Crippen LogP contribution in [0, 0.1) is 23.5 Å². The molecule has 0 radical (unpaired) electrons. The van der Waals surface area contributed by atoms with Crippen molar-refractivity contribution in [2.45, 2.75) is 104 Å². The second-order valence-corrected chi connectivity index (χ2v) is 16.0. The van der Waals surface area contributed by atoms with Gasteiger partial charge in [0.25, 0.3) is 0 Å². The molecule has 16 heteroatoms. The summed E-state index contributed by atoms with van der Waals surface area (Å²) in [6.07, 6.45) is -5.90. The molecule has 2 aliphatic carbocycles. The van der Waals surface area contributed by atoms with E-state index in [-0.39, 0.29) is 45.7 Å². The number of hydrogen-bond donors (Lipinski definition) is 2. The Hall–Kier alpha value is -4.63. The van der Waals surface area contributed by atoms with Crippen LogP contribution in [-0.4, -0.2) is 68.4 Å².